The molecule has 32 heavy (non-hydrogen) atoms. The third-order valence-electron chi connectivity index (χ3n) is 7.76. The van der Waals surface area contributed by atoms with Gasteiger partial charge in [0.15, 0.2) is 0 Å². The van der Waals surface area contributed by atoms with Crippen molar-refractivity contribution in [3.8, 4) is 0 Å². The van der Waals surface area contributed by atoms with Crippen LogP contribution in [0, 0.1) is 0 Å². The maximum absolute atomic E-state index is 10.6. The Morgan fingerprint density at radius 1 is 0.656 bits per heavy atom. The number of hydrogen-bond acceptors (Lipinski definition) is 6. The summed E-state index contributed by atoms with van der Waals surface area (Å²) in [6, 6.07) is 0. The van der Waals surface area contributed by atoms with Crippen molar-refractivity contribution in [1.82, 2.24) is 10.1 Å². The van der Waals surface area contributed by atoms with Crippen molar-refractivity contribution in [3.63, 3.8) is 0 Å². The quantitative estimate of drug-likeness (QED) is 0.362. The normalized spacial score (nSPS) is 29.8. The van der Waals surface area contributed by atoms with E-state index in [-0.39, 0.29) is 34.4 Å². The largest absolute Gasteiger partial charge is 0.378 e. The number of hydroxylamine groups is 4. The van der Waals surface area contributed by atoms with Crippen molar-refractivity contribution >= 4 is 0 Å². The Labute approximate surface area is 197 Å². The fourth-order valence-corrected chi connectivity index (χ4v) is 5.68. The fraction of sp³-hybridized carbons (Fsp3) is 1.00. The predicted octanol–water partition coefficient (Wildman–Crippen LogP) is 6.18. The van der Waals surface area contributed by atoms with E-state index in [1.165, 1.54) is 30.7 Å². The molecular formula is C26H52N2O4. The number of rotatable bonds is 11. The first-order valence-corrected chi connectivity index (χ1v) is 12.9. The molecule has 0 radical (unpaired) electrons. The van der Waals surface area contributed by atoms with Gasteiger partial charge >= 0.3 is 0 Å². The highest BCUT2D eigenvalue weighted by Crippen LogP contribution is 2.41. The minimum absolute atomic E-state index is 0.0806. The smallest absolute Gasteiger partial charge is 0.0794 e. The lowest BCUT2D eigenvalue weighted by Gasteiger charge is -2.42. The van der Waals surface area contributed by atoms with E-state index in [0.29, 0.717) is 0 Å². The number of ether oxygens (including phenoxy) is 2. The molecule has 2 fully saturated rings. The van der Waals surface area contributed by atoms with Crippen LogP contribution in [0.2, 0.25) is 0 Å². The summed E-state index contributed by atoms with van der Waals surface area (Å²) < 4.78 is 12.3. The van der Waals surface area contributed by atoms with E-state index in [1.807, 2.05) is 0 Å². The maximum Gasteiger partial charge on any atom is 0.0794 e. The van der Waals surface area contributed by atoms with Gasteiger partial charge in [0.25, 0.3) is 0 Å². The molecule has 2 N–H and O–H groups in total. The third kappa shape index (κ3) is 7.13. The molecule has 6 nitrogen and oxygen atoms in total. The summed E-state index contributed by atoms with van der Waals surface area (Å²) in [5.41, 5.74) is -1.02. The molecule has 0 bridgehead atoms. The highest BCUT2D eigenvalue weighted by atomic mass is 16.5. The summed E-state index contributed by atoms with van der Waals surface area (Å²) in [6.07, 6.45) is 11.1. The van der Waals surface area contributed by atoms with Gasteiger partial charge in [-0.15, -0.1) is 0 Å². The zero-order valence-corrected chi connectivity index (χ0v) is 22.2. The van der Waals surface area contributed by atoms with Gasteiger partial charge < -0.3 is 19.9 Å². The monoisotopic (exact) mass is 456 g/mol. The molecule has 6 heteroatoms. The van der Waals surface area contributed by atoms with Crippen molar-refractivity contribution in [3.05, 3.63) is 0 Å². The molecule has 2 unspecified atom stereocenters. The summed E-state index contributed by atoms with van der Waals surface area (Å²) in [5.74, 6) is 0. The average Bonchev–Trinajstić information content (AvgIpc) is 2.79. The first kappa shape index (κ1) is 28.0. The van der Waals surface area contributed by atoms with E-state index in [0.717, 1.165) is 51.7 Å². The van der Waals surface area contributed by atoms with Gasteiger partial charge in [0, 0.05) is 29.8 Å². The van der Waals surface area contributed by atoms with Crippen LogP contribution in [0.1, 0.15) is 120 Å². The molecule has 2 aliphatic heterocycles. The van der Waals surface area contributed by atoms with Crippen LogP contribution in [0.4, 0.5) is 0 Å². The number of nitrogens with zero attached hydrogens (tertiary/aromatic N) is 2. The lowest BCUT2D eigenvalue weighted by molar-refractivity contribution is -0.223. The van der Waals surface area contributed by atoms with E-state index in [4.69, 9.17) is 9.47 Å². The highest BCUT2D eigenvalue weighted by Gasteiger charge is 2.52. The molecule has 0 spiro atoms. The first-order chi connectivity index (χ1) is 14.7. The van der Waals surface area contributed by atoms with Crippen molar-refractivity contribution in [2.24, 2.45) is 0 Å². The van der Waals surface area contributed by atoms with Crippen molar-refractivity contribution < 1.29 is 19.9 Å². The molecule has 2 atom stereocenters. The third-order valence-corrected chi connectivity index (χ3v) is 7.76. The van der Waals surface area contributed by atoms with Crippen molar-refractivity contribution in [1.29, 1.82) is 0 Å². The maximum atomic E-state index is 10.6. The minimum atomic E-state index is -0.332. The van der Waals surface area contributed by atoms with Crippen molar-refractivity contribution in [2.45, 2.75) is 154 Å². The average molecular weight is 457 g/mol. The summed E-state index contributed by atoms with van der Waals surface area (Å²) in [5, 5.41) is 24.0. The van der Waals surface area contributed by atoms with Gasteiger partial charge in [-0.25, -0.2) is 0 Å². The van der Waals surface area contributed by atoms with Crippen LogP contribution in [0.5, 0.6) is 0 Å². The van der Waals surface area contributed by atoms with Gasteiger partial charge in [-0.2, -0.15) is 10.1 Å². The zero-order chi connectivity index (χ0) is 24.2. The van der Waals surface area contributed by atoms with E-state index >= 15 is 0 Å². The SMILES string of the molecule is CC1(C)CCC(OCCCCCCCCOC2CC(C)(C)N(O)C2(C)C)CC(C)(C)N1O. The Kier molecular flexibility index (Phi) is 9.63. The molecule has 2 saturated heterocycles. The Morgan fingerprint density at radius 3 is 1.69 bits per heavy atom. The van der Waals surface area contributed by atoms with E-state index < -0.39 is 0 Å². The second kappa shape index (κ2) is 11.0. The van der Waals surface area contributed by atoms with Gasteiger partial charge in [0.1, 0.15) is 0 Å². The molecule has 0 aromatic heterocycles. The van der Waals surface area contributed by atoms with Crippen molar-refractivity contribution in [2.75, 3.05) is 13.2 Å². The molecule has 0 aromatic rings. The molecule has 0 aliphatic carbocycles. The van der Waals surface area contributed by atoms with Gasteiger partial charge in [0.2, 0.25) is 0 Å². The molecule has 2 aliphatic rings. The Balaban J connectivity index is 1.52. The summed E-state index contributed by atoms with van der Waals surface area (Å²) >= 11 is 0. The van der Waals surface area contributed by atoms with E-state index in [2.05, 4.69) is 55.4 Å². The highest BCUT2D eigenvalue weighted by molar-refractivity contribution is 5.03. The van der Waals surface area contributed by atoms with Crippen LogP contribution < -0.4 is 0 Å². The Hall–Kier alpha value is -0.240. The summed E-state index contributed by atoms with van der Waals surface area (Å²) in [7, 11) is 0. The molecule has 2 heterocycles. The first-order valence-electron chi connectivity index (χ1n) is 12.9. The van der Waals surface area contributed by atoms with E-state index in [1.54, 1.807) is 5.06 Å². The van der Waals surface area contributed by atoms with Crippen LogP contribution in [0.25, 0.3) is 0 Å². The zero-order valence-electron chi connectivity index (χ0n) is 22.2. The summed E-state index contributed by atoms with van der Waals surface area (Å²) in [6.45, 7) is 18.3. The predicted molar refractivity (Wildman–Crippen MR) is 129 cm³/mol. The fourth-order valence-electron chi connectivity index (χ4n) is 5.68. The molecule has 0 amide bonds. The minimum Gasteiger partial charge on any atom is -0.378 e. The molecule has 2 rings (SSSR count). The molecule has 0 saturated carbocycles. The Morgan fingerprint density at radius 2 is 1.16 bits per heavy atom. The van der Waals surface area contributed by atoms with Crippen LogP contribution >= 0.6 is 0 Å². The van der Waals surface area contributed by atoms with E-state index in [9.17, 15) is 10.4 Å². The lowest BCUT2D eigenvalue weighted by atomic mass is 9.95. The standard InChI is InChI=1S/C26H52N2O4/c1-23(2)16-15-21(19-24(3,4)27(23)29)31-17-13-11-9-10-12-14-18-32-22-20-25(5,6)28(30)26(22,7)8/h21-22,29-30H,9-20H2,1-8H3. The van der Waals surface area contributed by atoms with Crippen LogP contribution in [0.3, 0.4) is 0 Å². The Bertz CT molecular complexity index is 576. The van der Waals surface area contributed by atoms with Gasteiger partial charge in [-0.1, -0.05) is 25.7 Å². The van der Waals surface area contributed by atoms with Crippen LogP contribution in [0.15, 0.2) is 0 Å². The number of hydrogen-bond donors (Lipinski definition) is 2. The second-order valence-electron chi connectivity index (χ2n) is 12.6. The number of unbranched alkanes of at least 4 members (excludes halogenated alkanes) is 5. The second-order valence-corrected chi connectivity index (χ2v) is 12.6. The molecular weight excluding hydrogens is 404 g/mol. The van der Waals surface area contributed by atoms with Gasteiger partial charge in [-0.05, 0) is 93.9 Å². The lowest BCUT2D eigenvalue weighted by Crippen LogP contribution is -2.52. The van der Waals surface area contributed by atoms with Gasteiger partial charge in [-0.3, -0.25) is 0 Å². The van der Waals surface area contributed by atoms with Crippen LogP contribution in [-0.2, 0) is 9.47 Å². The van der Waals surface area contributed by atoms with Crippen LogP contribution in [-0.4, -0.2) is 68.1 Å². The topological polar surface area (TPSA) is 65.4 Å². The molecule has 0 aromatic carbocycles. The summed E-state index contributed by atoms with van der Waals surface area (Å²) in [4.78, 5) is 0. The van der Waals surface area contributed by atoms with Gasteiger partial charge in [0.05, 0.1) is 17.7 Å². The molecule has 190 valence electrons.